The number of sulfonamides is 1. The number of hydrogen-bond acceptors (Lipinski definition) is 4. The summed E-state index contributed by atoms with van der Waals surface area (Å²) in [4.78, 5) is 12.1. The molecule has 28 heavy (non-hydrogen) atoms. The van der Waals surface area contributed by atoms with Gasteiger partial charge in [0.1, 0.15) is 5.82 Å². The molecule has 0 saturated carbocycles. The fraction of sp³-hybridized carbons (Fsp3) is 0.316. The molecule has 6 nitrogen and oxygen atoms in total. The zero-order valence-electron chi connectivity index (χ0n) is 15.4. The number of aryl methyl sites for hydroxylation is 1. The molecule has 2 aromatic rings. The Morgan fingerprint density at radius 2 is 2.04 bits per heavy atom. The molecule has 2 aromatic carbocycles. The van der Waals surface area contributed by atoms with Crippen molar-refractivity contribution in [2.45, 2.75) is 30.7 Å². The lowest BCUT2D eigenvalue weighted by atomic mass is 10.2. The van der Waals surface area contributed by atoms with Gasteiger partial charge in [0.25, 0.3) is 15.9 Å². The first kappa shape index (κ1) is 22.1. The Bertz CT molecular complexity index is 947. The van der Waals surface area contributed by atoms with E-state index in [2.05, 4.69) is 15.4 Å². The maximum Gasteiger partial charge on any atom is 0.261 e. The normalized spacial score (nSPS) is 16.3. The number of carbonyl (C=O) groups is 1. The third kappa shape index (κ3) is 5.43. The molecule has 0 radical (unpaired) electrons. The predicted octanol–water partition coefficient (Wildman–Crippen LogP) is 2.84. The van der Waals surface area contributed by atoms with E-state index in [-0.39, 0.29) is 34.9 Å². The Balaban J connectivity index is 0.00000280. The van der Waals surface area contributed by atoms with Gasteiger partial charge >= 0.3 is 0 Å². The Labute approximate surface area is 170 Å². The summed E-state index contributed by atoms with van der Waals surface area (Å²) in [5, 5.41) is 6.14. The summed E-state index contributed by atoms with van der Waals surface area (Å²) in [5.41, 5.74) is 0.954. The van der Waals surface area contributed by atoms with Crippen molar-refractivity contribution in [3.8, 4) is 0 Å². The SMILES string of the molecule is Cc1ccc(S(=O)(=O)Nc2cccc(C(=O)NCC3CCCN3)c2)cc1F.Cl. The minimum Gasteiger partial charge on any atom is -0.350 e. The number of hydrogen-bond donors (Lipinski definition) is 3. The van der Waals surface area contributed by atoms with Gasteiger partial charge in [0, 0.05) is 23.8 Å². The summed E-state index contributed by atoms with van der Waals surface area (Å²) in [5.74, 6) is -0.863. The van der Waals surface area contributed by atoms with E-state index in [0.717, 1.165) is 25.5 Å². The number of anilines is 1. The van der Waals surface area contributed by atoms with E-state index >= 15 is 0 Å². The van der Waals surface area contributed by atoms with Gasteiger partial charge in [-0.2, -0.15) is 0 Å². The van der Waals surface area contributed by atoms with Gasteiger partial charge in [0.2, 0.25) is 0 Å². The van der Waals surface area contributed by atoms with Gasteiger partial charge in [0.05, 0.1) is 4.90 Å². The van der Waals surface area contributed by atoms with Crippen molar-refractivity contribution in [2.75, 3.05) is 17.8 Å². The maximum atomic E-state index is 13.7. The van der Waals surface area contributed by atoms with Gasteiger partial charge in [-0.3, -0.25) is 9.52 Å². The molecule has 3 N–H and O–H groups in total. The fourth-order valence-corrected chi connectivity index (χ4v) is 3.99. The van der Waals surface area contributed by atoms with Crippen LogP contribution in [0.2, 0.25) is 0 Å². The Kier molecular flexibility index (Phi) is 7.40. The second-order valence-corrected chi connectivity index (χ2v) is 8.28. The molecule has 3 rings (SSSR count). The molecule has 1 atom stereocenters. The van der Waals surface area contributed by atoms with Crippen molar-refractivity contribution >= 4 is 34.0 Å². The van der Waals surface area contributed by atoms with Crippen LogP contribution < -0.4 is 15.4 Å². The average Bonchev–Trinajstić information content (AvgIpc) is 3.15. The molecule has 0 aliphatic carbocycles. The largest absolute Gasteiger partial charge is 0.350 e. The van der Waals surface area contributed by atoms with Gasteiger partial charge in [-0.1, -0.05) is 12.1 Å². The van der Waals surface area contributed by atoms with Crippen LogP contribution in [0.3, 0.4) is 0 Å². The molecule has 0 bridgehead atoms. The average molecular weight is 428 g/mol. The Hall–Kier alpha value is -2.16. The summed E-state index contributed by atoms with van der Waals surface area (Å²) in [6.45, 7) is 3.04. The fourth-order valence-electron chi connectivity index (χ4n) is 2.93. The van der Waals surface area contributed by atoms with Crippen LogP contribution in [0.1, 0.15) is 28.8 Å². The molecule has 1 unspecified atom stereocenters. The molecule has 1 fully saturated rings. The third-order valence-corrected chi connectivity index (χ3v) is 5.88. The summed E-state index contributed by atoms with van der Waals surface area (Å²) < 4.78 is 41.0. The number of benzene rings is 2. The summed E-state index contributed by atoms with van der Waals surface area (Å²) in [6.07, 6.45) is 2.12. The first-order valence-corrected chi connectivity index (χ1v) is 10.2. The van der Waals surface area contributed by atoms with Gasteiger partial charge in [-0.05, 0) is 62.2 Å². The van der Waals surface area contributed by atoms with Crippen molar-refractivity contribution in [3.63, 3.8) is 0 Å². The van der Waals surface area contributed by atoms with Crippen LogP contribution >= 0.6 is 12.4 Å². The summed E-state index contributed by atoms with van der Waals surface area (Å²) >= 11 is 0. The van der Waals surface area contributed by atoms with Crippen LogP contribution in [0, 0.1) is 12.7 Å². The highest BCUT2D eigenvalue weighted by Gasteiger charge is 2.18. The van der Waals surface area contributed by atoms with E-state index in [4.69, 9.17) is 0 Å². The van der Waals surface area contributed by atoms with E-state index < -0.39 is 15.8 Å². The third-order valence-electron chi connectivity index (χ3n) is 4.50. The molecule has 9 heteroatoms. The molecular formula is C19H23ClFN3O3S. The number of nitrogens with one attached hydrogen (secondary N) is 3. The minimum atomic E-state index is -3.95. The zero-order chi connectivity index (χ0) is 19.4. The van der Waals surface area contributed by atoms with Gasteiger partial charge in [0.15, 0.2) is 0 Å². The minimum absolute atomic E-state index is 0. The van der Waals surface area contributed by atoms with E-state index in [9.17, 15) is 17.6 Å². The lowest BCUT2D eigenvalue weighted by Gasteiger charge is -2.13. The molecule has 1 saturated heterocycles. The zero-order valence-corrected chi connectivity index (χ0v) is 17.0. The van der Waals surface area contributed by atoms with Crippen LogP contribution in [-0.4, -0.2) is 33.5 Å². The molecular weight excluding hydrogens is 405 g/mol. The topological polar surface area (TPSA) is 87.3 Å². The molecule has 152 valence electrons. The van der Waals surface area contributed by atoms with Crippen molar-refractivity contribution in [1.82, 2.24) is 10.6 Å². The number of carbonyl (C=O) groups excluding carboxylic acids is 1. The van der Waals surface area contributed by atoms with Gasteiger partial charge in [-0.25, -0.2) is 12.8 Å². The molecule has 1 heterocycles. The Morgan fingerprint density at radius 1 is 1.25 bits per heavy atom. The maximum absolute atomic E-state index is 13.7. The van der Waals surface area contributed by atoms with E-state index in [0.29, 0.717) is 17.7 Å². The highest BCUT2D eigenvalue weighted by Crippen LogP contribution is 2.19. The van der Waals surface area contributed by atoms with Crippen molar-refractivity contribution in [2.24, 2.45) is 0 Å². The molecule has 0 aromatic heterocycles. The lowest BCUT2D eigenvalue weighted by Crippen LogP contribution is -2.37. The predicted molar refractivity (Wildman–Crippen MR) is 109 cm³/mol. The molecule has 1 amide bonds. The van der Waals surface area contributed by atoms with Crippen LogP contribution in [0.5, 0.6) is 0 Å². The van der Waals surface area contributed by atoms with Crippen LogP contribution in [0.4, 0.5) is 10.1 Å². The van der Waals surface area contributed by atoms with Crippen molar-refractivity contribution in [3.05, 3.63) is 59.4 Å². The van der Waals surface area contributed by atoms with Crippen molar-refractivity contribution < 1.29 is 17.6 Å². The van der Waals surface area contributed by atoms with E-state index in [1.807, 2.05) is 0 Å². The van der Waals surface area contributed by atoms with E-state index in [1.54, 1.807) is 19.1 Å². The standard InChI is InChI=1S/C19H22FN3O3S.ClH/c1-13-7-8-17(11-18(13)20)27(25,26)23-15-5-2-4-14(10-15)19(24)22-12-16-6-3-9-21-16;/h2,4-5,7-8,10-11,16,21,23H,3,6,9,12H2,1H3,(H,22,24);1H. The van der Waals surface area contributed by atoms with Gasteiger partial charge < -0.3 is 10.6 Å². The number of rotatable bonds is 6. The van der Waals surface area contributed by atoms with Crippen LogP contribution in [-0.2, 0) is 10.0 Å². The summed E-state index contributed by atoms with van der Waals surface area (Å²) in [7, 11) is -3.95. The first-order chi connectivity index (χ1) is 12.8. The first-order valence-electron chi connectivity index (χ1n) is 8.76. The van der Waals surface area contributed by atoms with E-state index in [1.165, 1.54) is 24.3 Å². The number of amides is 1. The highest BCUT2D eigenvalue weighted by molar-refractivity contribution is 7.92. The second-order valence-electron chi connectivity index (χ2n) is 6.60. The van der Waals surface area contributed by atoms with Gasteiger partial charge in [-0.15, -0.1) is 12.4 Å². The quantitative estimate of drug-likeness (QED) is 0.661. The van der Waals surface area contributed by atoms with Crippen LogP contribution in [0.25, 0.3) is 0 Å². The molecule has 1 aliphatic heterocycles. The Morgan fingerprint density at radius 3 is 2.71 bits per heavy atom. The lowest BCUT2D eigenvalue weighted by molar-refractivity contribution is 0.0950. The van der Waals surface area contributed by atoms with Crippen molar-refractivity contribution in [1.29, 1.82) is 0 Å². The summed E-state index contributed by atoms with van der Waals surface area (Å²) in [6, 6.07) is 10.2. The monoisotopic (exact) mass is 427 g/mol. The highest BCUT2D eigenvalue weighted by atomic mass is 35.5. The number of halogens is 2. The smallest absolute Gasteiger partial charge is 0.261 e. The second kappa shape index (κ2) is 9.36. The van der Waals surface area contributed by atoms with Crippen LogP contribution in [0.15, 0.2) is 47.4 Å². The molecule has 0 spiro atoms. The molecule has 1 aliphatic rings.